The van der Waals surface area contributed by atoms with E-state index < -0.39 is 0 Å². The van der Waals surface area contributed by atoms with Gasteiger partial charge in [-0.1, -0.05) is 12.6 Å². The van der Waals surface area contributed by atoms with Crippen molar-refractivity contribution in [2.75, 3.05) is 43.5 Å². The average molecular weight is 542 g/mol. The molecular formula is C31H32FN5O3. The summed E-state index contributed by atoms with van der Waals surface area (Å²) in [5, 5.41) is 3.85. The van der Waals surface area contributed by atoms with Gasteiger partial charge in [0.2, 0.25) is 0 Å². The molecule has 0 unspecified atom stereocenters. The van der Waals surface area contributed by atoms with Crippen LogP contribution in [0.1, 0.15) is 22.8 Å². The van der Waals surface area contributed by atoms with Crippen LogP contribution in [-0.2, 0) is 13.0 Å². The molecule has 1 aromatic heterocycles. The summed E-state index contributed by atoms with van der Waals surface area (Å²) in [7, 11) is 1.49. The minimum atomic E-state index is -0.359. The zero-order valence-electron chi connectivity index (χ0n) is 22.7. The zero-order chi connectivity index (χ0) is 28.2. The maximum absolute atomic E-state index is 14.3. The number of piperazine rings is 1. The number of benzene rings is 3. The molecule has 9 heteroatoms. The largest absolute Gasteiger partial charge is 0.497 e. The van der Waals surface area contributed by atoms with Crippen molar-refractivity contribution in [1.82, 2.24) is 14.5 Å². The van der Waals surface area contributed by atoms with Crippen LogP contribution in [0.15, 0.2) is 84.2 Å². The molecule has 1 aliphatic rings. The molecule has 206 valence electrons. The van der Waals surface area contributed by atoms with Crippen LogP contribution in [0, 0.1) is 5.82 Å². The lowest BCUT2D eigenvalue weighted by Gasteiger charge is -2.38. The number of hydrogen-bond donors (Lipinski definition) is 1. The number of nitrogens with zero attached hydrogens (tertiary/aromatic N) is 4. The second-order valence-corrected chi connectivity index (χ2v) is 9.83. The van der Waals surface area contributed by atoms with Crippen LogP contribution in [0.2, 0.25) is 0 Å². The molecule has 1 aliphatic heterocycles. The predicted octanol–water partition coefficient (Wildman–Crippen LogP) is 4.69. The number of nitrogens with one attached hydrogen (secondary N) is 1. The SMILES string of the molecule is C=C(Nc1ccc2c(=O)n(CCc3ccc(OC)cc3F)cnc2c1)N1CCN(c2ccc(C(C)=O)cc2)CC1. The lowest BCUT2D eigenvalue weighted by molar-refractivity contribution is 0.101. The van der Waals surface area contributed by atoms with Gasteiger partial charge in [0, 0.05) is 55.7 Å². The van der Waals surface area contributed by atoms with Crippen molar-refractivity contribution in [2.24, 2.45) is 0 Å². The van der Waals surface area contributed by atoms with Crippen LogP contribution < -0.4 is 20.5 Å². The minimum Gasteiger partial charge on any atom is -0.497 e. The number of rotatable bonds is 9. The van der Waals surface area contributed by atoms with Crippen molar-refractivity contribution in [2.45, 2.75) is 19.9 Å². The first-order valence-corrected chi connectivity index (χ1v) is 13.2. The number of aryl methyl sites for hydroxylation is 2. The molecule has 3 aromatic carbocycles. The topological polar surface area (TPSA) is 79.7 Å². The van der Waals surface area contributed by atoms with E-state index >= 15 is 0 Å². The molecule has 0 aliphatic carbocycles. The van der Waals surface area contributed by atoms with Gasteiger partial charge >= 0.3 is 0 Å². The minimum absolute atomic E-state index is 0.0645. The quantitative estimate of drug-likeness (QED) is 0.308. The van der Waals surface area contributed by atoms with Gasteiger partial charge in [0.25, 0.3) is 5.56 Å². The normalized spacial score (nSPS) is 13.4. The molecule has 5 rings (SSSR count). The molecule has 0 spiro atoms. The van der Waals surface area contributed by atoms with Gasteiger partial charge in [0.1, 0.15) is 11.6 Å². The van der Waals surface area contributed by atoms with Gasteiger partial charge in [0.05, 0.1) is 30.2 Å². The van der Waals surface area contributed by atoms with Gasteiger partial charge in [-0.2, -0.15) is 0 Å². The number of ether oxygens (including phenoxy) is 1. The fraction of sp³-hybridized carbons (Fsp3) is 0.258. The van der Waals surface area contributed by atoms with Crippen molar-refractivity contribution in [1.29, 1.82) is 0 Å². The molecular weight excluding hydrogens is 509 g/mol. The lowest BCUT2D eigenvalue weighted by atomic mass is 10.1. The van der Waals surface area contributed by atoms with E-state index in [0.717, 1.165) is 43.4 Å². The number of ketones is 1. The predicted molar refractivity (Wildman–Crippen MR) is 156 cm³/mol. The van der Waals surface area contributed by atoms with Gasteiger partial charge in [0.15, 0.2) is 5.78 Å². The van der Waals surface area contributed by atoms with E-state index in [1.165, 1.54) is 24.1 Å². The van der Waals surface area contributed by atoms with Crippen LogP contribution >= 0.6 is 0 Å². The fourth-order valence-electron chi connectivity index (χ4n) is 4.88. The number of hydrogen-bond acceptors (Lipinski definition) is 7. The molecule has 1 fully saturated rings. The molecule has 0 atom stereocenters. The summed E-state index contributed by atoms with van der Waals surface area (Å²) in [4.78, 5) is 33.6. The Balaban J connectivity index is 1.19. The third kappa shape index (κ3) is 5.83. The van der Waals surface area contributed by atoms with E-state index in [4.69, 9.17) is 4.74 Å². The molecule has 0 bridgehead atoms. The summed E-state index contributed by atoms with van der Waals surface area (Å²) >= 11 is 0. The van der Waals surface area contributed by atoms with E-state index in [9.17, 15) is 14.0 Å². The zero-order valence-corrected chi connectivity index (χ0v) is 22.7. The lowest BCUT2D eigenvalue weighted by Crippen LogP contribution is -2.46. The number of fused-ring (bicyclic) bond motifs is 1. The standard InChI is InChI=1S/C31H32FN5O3/c1-21(38)23-4-8-26(9-5-23)36-16-14-35(15-17-36)22(2)34-25-7-11-28-30(18-25)33-20-37(31(28)39)13-12-24-6-10-27(40-3)19-29(24)32/h4-11,18-20,34H,2,12-17H2,1,3H3. The van der Waals surface area contributed by atoms with E-state index in [1.807, 2.05) is 36.4 Å². The van der Waals surface area contributed by atoms with E-state index in [-0.39, 0.29) is 17.2 Å². The number of aromatic nitrogens is 2. The highest BCUT2D eigenvalue weighted by atomic mass is 19.1. The number of carbonyl (C=O) groups is 1. The first-order valence-electron chi connectivity index (χ1n) is 13.2. The van der Waals surface area contributed by atoms with Crippen LogP contribution in [-0.4, -0.2) is 53.5 Å². The molecule has 40 heavy (non-hydrogen) atoms. The molecule has 1 saturated heterocycles. The third-order valence-corrected chi connectivity index (χ3v) is 7.30. The van der Waals surface area contributed by atoms with Crippen molar-refractivity contribution in [3.63, 3.8) is 0 Å². The average Bonchev–Trinajstić information content (AvgIpc) is 2.97. The third-order valence-electron chi connectivity index (χ3n) is 7.30. The molecule has 8 nitrogen and oxygen atoms in total. The van der Waals surface area contributed by atoms with E-state index in [2.05, 4.69) is 26.7 Å². The molecule has 0 amide bonds. The number of halogens is 1. The first kappa shape index (κ1) is 26.9. The van der Waals surface area contributed by atoms with Gasteiger partial charge in [-0.05, 0) is 67.4 Å². The summed E-state index contributed by atoms with van der Waals surface area (Å²) in [6, 6.07) is 17.9. The summed E-state index contributed by atoms with van der Waals surface area (Å²) in [5.41, 5.74) is 3.53. The molecule has 0 radical (unpaired) electrons. The molecule has 1 N–H and O–H groups in total. The fourth-order valence-corrected chi connectivity index (χ4v) is 4.88. The van der Waals surface area contributed by atoms with Gasteiger partial charge < -0.3 is 19.9 Å². The maximum atomic E-state index is 14.3. The molecule has 4 aromatic rings. The number of anilines is 2. The molecule has 0 saturated carbocycles. The number of carbonyl (C=O) groups excluding carboxylic acids is 1. The Hall–Kier alpha value is -4.66. The Morgan fingerprint density at radius 2 is 1.80 bits per heavy atom. The summed E-state index contributed by atoms with van der Waals surface area (Å²) in [5.74, 6) is 0.940. The Kier molecular flexibility index (Phi) is 7.82. The van der Waals surface area contributed by atoms with Crippen molar-refractivity contribution >= 4 is 28.1 Å². The Bertz CT molecular complexity index is 1610. The highest BCUT2D eigenvalue weighted by Crippen LogP contribution is 2.22. The second kappa shape index (κ2) is 11.6. The monoisotopic (exact) mass is 541 g/mol. The highest BCUT2D eigenvalue weighted by Gasteiger charge is 2.19. The van der Waals surface area contributed by atoms with Crippen LogP contribution in [0.3, 0.4) is 0 Å². The summed E-state index contributed by atoms with van der Waals surface area (Å²) in [6.07, 6.45) is 1.87. The van der Waals surface area contributed by atoms with E-state index in [1.54, 1.807) is 25.1 Å². The smallest absolute Gasteiger partial charge is 0.261 e. The van der Waals surface area contributed by atoms with Crippen LogP contribution in [0.4, 0.5) is 15.8 Å². The first-order chi connectivity index (χ1) is 19.3. The van der Waals surface area contributed by atoms with Crippen molar-refractivity contribution in [3.8, 4) is 5.75 Å². The van der Waals surface area contributed by atoms with Crippen molar-refractivity contribution in [3.05, 3.63) is 107 Å². The molecule has 2 heterocycles. The maximum Gasteiger partial charge on any atom is 0.261 e. The van der Waals surface area contributed by atoms with Gasteiger partial charge in [-0.15, -0.1) is 0 Å². The van der Waals surface area contributed by atoms with Crippen molar-refractivity contribution < 1.29 is 13.9 Å². The number of methoxy groups -OCH3 is 1. The highest BCUT2D eigenvalue weighted by molar-refractivity contribution is 5.94. The summed E-state index contributed by atoms with van der Waals surface area (Å²) in [6.45, 7) is 9.37. The van der Waals surface area contributed by atoms with Crippen LogP contribution in [0.25, 0.3) is 10.9 Å². The van der Waals surface area contributed by atoms with Gasteiger partial charge in [-0.25, -0.2) is 9.37 Å². The van der Waals surface area contributed by atoms with Crippen LogP contribution in [0.5, 0.6) is 5.75 Å². The Morgan fingerprint density at radius 3 is 2.48 bits per heavy atom. The van der Waals surface area contributed by atoms with E-state index in [0.29, 0.717) is 40.7 Å². The second-order valence-electron chi connectivity index (χ2n) is 9.83. The Labute approximate surface area is 232 Å². The number of Topliss-reactive ketones (excluding diaryl/α,β-unsaturated/α-hetero) is 1. The summed E-state index contributed by atoms with van der Waals surface area (Å²) < 4.78 is 20.9. The van der Waals surface area contributed by atoms with Gasteiger partial charge in [-0.3, -0.25) is 14.2 Å². The Morgan fingerprint density at radius 1 is 1.05 bits per heavy atom.